The van der Waals surface area contributed by atoms with Crippen LogP contribution in [0, 0.1) is 11.8 Å². The number of hydrogen-bond donors (Lipinski definition) is 2. The van der Waals surface area contributed by atoms with Crippen LogP contribution in [0.4, 0.5) is 5.82 Å². The molecule has 0 radical (unpaired) electrons. The average Bonchev–Trinajstić information content (AvgIpc) is 2.88. The number of nitrogens with one attached hydrogen (secondary N) is 1. The van der Waals surface area contributed by atoms with Gasteiger partial charge in [-0.15, -0.1) is 0 Å². The van der Waals surface area contributed by atoms with Gasteiger partial charge in [0.1, 0.15) is 11.6 Å². The van der Waals surface area contributed by atoms with Crippen molar-refractivity contribution in [2.24, 2.45) is 11.8 Å². The molecule has 37 heavy (non-hydrogen) atoms. The highest BCUT2D eigenvalue weighted by molar-refractivity contribution is 5.79. The Balaban J connectivity index is 1.18. The largest absolute Gasteiger partial charge is 0.393 e. The molecule has 7 heteroatoms. The van der Waals surface area contributed by atoms with Crippen LogP contribution in [0.25, 0.3) is 0 Å². The van der Waals surface area contributed by atoms with Gasteiger partial charge < -0.3 is 15.3 Å². The van der Waals surface area contributed by atoms with Crippen molar-refractivity contribution in [2.75, 3.05) is 37.6 Å². The first kappa shape index (κ1) is 28.3. The van der Waals surface area contributed by atoms with Crippen LogP contribution in [-0.2, 0) is 10.2 Å². The Bertz CT molecular complexity index is 874. The van der Waals surface area contributed by atoms with Crippen molar-refractivity contribution in [3.8, 4) is 0 Å². The summed E-state index contributed by atoms with van der Waals surface area (Å²) in [5, 5.41) is 13.0. The Hall–Kier alpha value is -1.73. The van der Waals surface area contributed by atoms with Gasteiger partial charge >= 0.3 is 0 Å². The molecule has 208 valence electrons. The number of aliphatic hydroxyl groups is 1. The molecular formula is C30H51N5O2. The van der Waals surface area contributed by atoms with E-state index in [0.29, 0.717) is 12.0 Å². The van der Waals surface area contributed by atoms with Gasteiger partial charge in [0.25, 0.3) is 0 Å². The summed E-state index contributed by atoms with van der Waals surface area (Å²) < 4.78 is 0. The highest BCUT2D eigenvalue weighted by Gasteiger charge is 2.29. The van der Waals surface area contributed by atoms with E-state index in [0.717, 1.165) is 88.0 Å². The van der Waals surface area contributed by atoms with Crippen molar-refractivity contribution in [3.05, 3.63) is 17.6 Å². The summed E-state index contributed by atoms with van der Waals surface area (Å²) in [6, 6.07) is 2.55. The fourth-order valence-electron chi connectivity index (χ4n) is 6.06. The quantitative estimate of drug-likeness (QED) is 0.553. The first-order valence-electron chi connectivity index (χ1n) is 14.9. The number of hydrogen-bond acceptors (Lipinski definition) is 6. The van der Waals surface area contributed by atoms with E-state index in [-0.39, 0.29) is 23.3 Å². The Kier molecular flexibility index (Phi) is 9.49. The summed E-state index contributed by atoms with van der Waals surface area (Å²) >= 11 is 0. The molecule has 4 rings (SSSR count). The zero-order valence-corrected chi connectivity index (χ0v) is 24.0. The van der Waals surface area contributed by atoms with Gasteiger partial charge in [0, 0.05) is 55.3 Å². The third-order valence-corrected chi connectivity index (χ3v) is 8.81. The molecule has 0 atom stereocenters. The molecule has 1 aliphatic heterocycles. The number of piperazine rings is 1. The van der Waals surface area contributed by atoms with E-state index in [2.05, 4.69) is 55.8 Å². The van der Waals surface area contributed by atoms with E-state index >= 15 is 0 Å². The third-order valence-electron chi connectivity index (χ3n) is 8.81. The topological polar surface area (TPSA) is 81.6 Å². The molecule has 3 fully saturated rings. The number of rotatable bonds is 7. The second-order valence-corrected chi connectivity index (χ2v) is 13.2. The second-order valence-electron chi connectivity index (χ2n) is 13.2. The van der Waals surface area contributed by atoms with Crippen LogP contribution < -0.4 is 10.2 Å². The lowest BCUT2D eigenvalue weighted by Crippen LogP contribution is -2.47. The number of nitrogens with zero attached hydrogens (tertiary/aromatic N) is 4. The van der Waals surface area contributed by atoms with Crippen LogP contribution >= 0.6 is 0 Å². The van der Waals surface area contributed by atoms with Gasteiger partial charge in [-0.1, -0.05) is 34.6 Å². The standard InChI is InChI=1S/C30H51N5O2/c1-21(2)26-20-27(33-29(32-26)30(3,4)5)35-18-16-34(17-19-35)15-14-22-6-10-24(11-7-22)31-28(37)23-8-12-25(36)13-9-23/h20-25,36H,6-19H2,1-5H3,(H,31,37)/t22-,23-,24-,25+. The lowest BCUT2D eigenvalue weighted by atomic mass is 9.83. The summed E-state index contributed by atoms with van der Waals surface area (Å²) in [5.41, 5.74) is 1.09. The summed E-state index contributed by atoms with van der Waals surface area (Å²) in [4.78, 5) is 27.5. The predicted octanol–water partition coefficient (Wildman–Crippen LogP) is 4.64. The van der Waals surface area contributed by atoms with Gasteiger partial charge in [-0.25, -0.2) is 9.97 Å². The maximum Gasteiger partial charge on any atom is 0.223 e. The summed E-state index contributed by atoms with van der Waals surface area (Å²) in [6.45, 7) is 16.4. The average molecular weight is 514 g/mol. The van der Waals surface area contributed by atoms with E-state index < -0.39 is 0 Å². The minimum Gasteiger partial charge on any atom is -0.393 e. The predicted molar refractivity (Wildman–Crippen MR) is 150 cm³/mol. The number of carbonyl (C=O) groups is 1. The van der Waals surface area contributed by atoms with E-state index in [1.807, 2.05) is 0 Å². The fourth-order valence-corrected chi connectivity index (χ4v) is 6.06. The van der Waals surface area contributed by atoms with Crippen molar-refractivity contribution in [3.63, 3.8) is 0 Å². The molecular weight excluding hydrogens is 462 g/mol. The fraction of sp³-hybridized carbons (Fsp3) is 0.833. The van der Waals surface area contributed by atoms with Gasteiger partial charge in [0.15, 0.2) is 0 Å². The van der Waals surface area contributed by atoms with Crippen molar-refractivity contribution < 1.29 is 9.90 Å². The van der Waals surface area contributed by atoms with Gasteiger partial charge in [0.05, 0.1) is 6.10 Å². The second kappa shape index (κ2) is 12.4. The van der Waals surface area contributed by atoms with Crippen LogP contribution in [0.2, 0.25) is 0 Å². The smallest absolute Gasteiger partial charge is 0.223 e. The van der Waals surface area contributed by atoms with Crippen LogP contribution in [0.15, 0.2) is 6.07 Å². The molecule has 1 saturated heterocycles. The molecule has 0 aromatic carbocycles. The number of aliphatic hydroxyl groups excluding tert-OH is 1. The van der Waals surface area contributed by atoms with Crippen molar-refractivity contribution in [1.82, 2.24) is 20.2 Å². The minimum absolute atomic E-state index is 0.0529. The number of carbonyl (C=O) groups excluding carboxylic acids is 1. The molecule has 2 heterocycles. The molecule has 1 amide bonds. The van der Waals surface area contributed by atoms with Crippen LogP contribution in [0.5, 0.6) is 0 Å². The van der Waals surface area contributed by atoms with E-state index in [9.17, 15) is 9.90 Å². The van der Waals surface area contributed by atoms with E-state index in [4.69, 9.17) is 9.97 Å². The number of amides is 1. The van der Waals surface area contributed by atoms with Crippen LogP contribution in [0.1, 0.15) is 110 Å². The normalized spacial score (nSPS) is 27.9. The minimum atomic E-state index is -0.200. The van der Waals surface area contributed by atoms with Gasteiger partial charge in [-0.2, -0.15) is 0 Å². The molecule has 1 aromatic heterocycles. The molecule has 2 N–H and O–H groups in total. The van der Waals surface area contributed by atoms with Gasteiger partial charge in [-0.05, 0) is 76.2 Å². The SMILES string of the molecule is CC(C)c1cc(N2CCN(CC[C@H]3CC[C@H](NC(=O)[C@H]4CC[C@@H](O)CC4)CC3)CC2)nc(C(C)(C)C)n1. The molecule has 2 saturated carbocycles. The maximum atomic E-state index is 12.6. The molecule has 7 nitrogen and oxygen atoms in total. The molecule has 2 aliphatic carbocycles. The van der Waals surface area contributed by atoms with Crippen molar-refractivity contribution in [2.45, 2.75) is 116 Å². The van der Waals surface area contributed by atoms with Gasteiger partial charge in [-0.3, -0.25) is 9.69 Å². The molecule has 0 unspecified atom stereocenters. The summed E-state index contributed by atoms with van der Waals surface area (Å²) in [6.07, 6.45) is 8.96. The van der Waals surface area contributed by atoms with Crippen LogP contribution in [-0.4, -0.2) is 70.8 Å². The van der Waals surface area contributed by atoms with E-state index in [1.165, 1.54) is 25.8 Å². The highest BCUT2D eigenvalue weighted by Crippen LogP contribution is 2.30. The maximum absolute atomic E-state index is 12.6. The zero-order chi connectivity index (χ0) is 26.6. The lowest BCUT2D eigenvalue weighted by Gasteiger charge is -2.37. The first-order valence-corrected chi connectivity index (χ1v) is 14.9. The summed E-state index contributed by atoms with van der Waals surface area (Å²) in [5.74, 6) is 3.55. The Morgan fingerprint density at radius 2 is 1.65 bits per heavy atom. The Morgan fingerprint density at radius 1 is 1.00 bits per heavy atom. The van der Waals surface area contributed by atoms with Crippen molar-refractivity contribution in [1.29, 1.82) is 0 Å². The van der Waals surface area contributed by atoms with Crippen molar-refractivity contribution >= 4 is 11.7 Å². The first-order chi connectivity index (χ1) is 17.6. The molecule has 0 spiro atoms. The van der Waals surface area contributed by atoms with Gasteiger partial charge in [0.2, 0.25) is 5.91 Å². The zero-order valence-electron chi connectivity index (χ0n) is 24.0. The monoisotopic (exact) mass is 513 g/mol. The number of anilines is 1. The Morgan fingerprint density at radius 3 is 2.24 bits per heavy atom. The Labute approximate surface area is 224 Å². The number of aromatic nitrogens is 2. The molecule has 1 aromatic rings. The van der Waals surface area contributed by atoms with Crippen LogP contribution in [0.3, 0.4) is 0 Å². The third kappa shape index (κ3) is 7.89. The highest BCUT2D eigenvalue weighted by atomic mass is 16.3. The van der Waals surface area contributed by atoms with E-state index in [1.54, 1.807) is 0 Å². The molecule has 0 bridgehead atoms. The molecule has 3 aliphatic rings. The lowest BCUT2D eigenvalue weighted by molar-refractivity contribution is -0.127. The summed E-state index contributed by atoms with van der Waals surface area (Å²) in [7, 11) is 0.